The Bertz CT molecular complexity index is 535. The number of hydrazone groups is 1. The molecule has 4 N–H and O–H groups in total. The van der Waals surface area contributed by atoms with Gasteiger partial charge in [0.15, 0.2) is 5.11 Å². The van der Waals surface area contributed by atoms with Crippen molar-refractivity contribution in [3.8, 4) is 11.5 Å². The average Bonchev–Trinajstić information content (AvgIpc) is 2.39. The van der Waals surface area contributed by atoms with E-state index in [-0.39, 0.29) is 16.0 Å². The predicted octanol–water partition coefficient (Wildman–Crippen LogP) is 2.61. The number of hydrogen-bond donors (Lipinski definition) is 4. The van der Waals surface area contributed by atoms with Crippen LogP contribution in [0.3, 0.4) is 0 Å². The van der Waals surface area contributed by atoms with Crippen molar-refractivity contribution < 1.29 is 10.2 Å². The molecule has 0 fully saturated rings. The summed E-state index contributed by atoms with van der Waals surface area (Å²) in [7, 11) is 0. The van der Waals surface area contributed by atoms with Crippen molar-refractivity contribution in [2.45, 2.75) is 0 Å². The number of nitrogens with one attached hydrogen (secondary N) is 2. The van der Waals surface area contributed by atoms with Gasteiger partial charge in [0.25, 0.3) is 0 Å². The predicted molar refractivity (Wildman–Crippen MR) is 86.7 cm³/mol. The van der Waals surface area contributed by atoms with E-state index in [1.165, 1.54) is 12.3 Å². The van der Waals surface area contributed by atoms with Gasteiger partial charge in [0.1, 0.15) is 16.0 Å². The third kappa shape index (κ3) is 4.48. The number of benzene rings is 1. The first kappa shape index (κ1) is 15.9. The molecule has 0 radical (unpaired) electrons. The van der Waals surface area contributed by atoms with E-state index in [9.17, 15) is 10.2 Å². The monoisotopic (exact) mass is 407 g/mol. The fraction of sp³-hybridized carbons (Fsp3) is 0.0909. The van der Waals surface area contributed by atoms with Gasteiger partial charge in [-0.05, 0) is 50.1 Å². The van der Waals surface area contributed by atoms with Gasteiger partial charge in [-0.2, -0.15) is 5.10 Å². The molecule has 0 saturated heterocycles. The van der Waals surface area contributed by atoms with E-state index in [2.05, 4.69) is 54.3 Å². The maximum atomic E-state index is 9.80. The van der Waals surface area contributed by atoms with Crippen molar-refractivity contribution in [1.82, 2.24) is 10.7 Å². The molecule has 0 saturated carbocycles. The summed E-state index contributed by atoms with van der Waals surface area (Å²) in [5.74, 6) is -0.193. The molecule has 1 rings (SSSR count). The molecule has 0 bridgehead atoms. The lowest BCUT2D eigenvalue weighted by atomic mass is 10.2. The number of phenolic OH excluding ortho intramolecular Hbond substituents is 2. The number of halogens is 2. The fourth-order valence-corrected chi connectivity index (χ4v) is 2.37. The van der Waals surface area contributed by atoms with Crippen LogP contribution in [-0.2, 0) is 0 Å². The molecule has 0 aliphatic carbocycles. The summed E-state index contributed by atoms with van der Waals surface area (Å²) >= 11 is 11.2. The van der Waals surface area contributed by atoms with Crippen molar-refractivity contribution in [2.24, 2.45) is 5.10 Å². The highest BCUT2D eigenvalue weighted by Crippen LogP contribution is 2.40. The first-order chi connectivity index (χ1) is 8.97. The van der Waals surface area contributed by atoms with Crippen LogP contribution in [0.25, 0.3) is 0 Å². The van der Waals surface area contributed by atoms with E-state index >= 15 is 0 Å². The Hall–Kier alpha value is -1.12. The molecule has 8 heteroatoms. The molecule has 1 aromatic carbocycles. The Morgan fingerprint density at radius 2 is 2.11 bits per heavy atom. The number of phenols is 2. The van der Waals surface area contributed by atoms with Gasteiger partial charge < -0.3 is 15.5 Å². The summed E-state index contributed by atoms with van der Waals surface area (Å²) in [6, 6.07) is 1.53. The second-order valence-electron chi connectivity index (χ2n) is 3.33. The smallest absolute Gasteiger partial charge is 0.187 e. The van der Waals surface area contributed by atoms with Crippen LogP contribution in [0, 0.1) is 0 Å². The lowest BCUT2D eigenvalue weighted by molar-refractivity contribution is 0.442. The van der Waals surface area contributed by atoms with Gasteiger partial charge in [-0.15, -0.1) is 6.58 Å². The molecule has 0 unspecified atom stereocenters. The van der Waals surface area contributed by atoms with E-state index in [1.807, 2.05) is 0 Å². The summed E-state index contributed by atoms with van der Waals surface area (Å²) in [5.41, 5.74) is 3.00. The molecule has 0 amide bonds. The van der Waals surface area contributed by atoms with E-state index in [1.54, 1.807) is 6.08 Å². The van der Waals surface area contributed by atoms with Crippen LogP contribution in [0.2, 0.25) is 0 Å². The molecule has 102 valence electrons. The molecule has 19 heavy (non-hydrogen) atoms. The highest BCUT2D eigenvalue weighted by molar-refractivity contribution is 9.11. The zero-order valence-electron chi connectivity index (χ0n) is 9.65. The molecular weight excluding hydrogens is 398 g/mol. The van der Waals surface area contributed by atoms with Crippen LogP contribution in [0.4, 0.5) is 0 Å². The van der Waals surface area contributed by atoms with Crippen molar-refractivity contribution in [1.29, 1.82) is 0 Å². The van der Waals surface area contributed by atoms with Crippen LogP contribution in [-0.4, -0.2) is 28.1 Å². The first-order valence-corrected chi connectivity index (χ1v) is 7.04. The van der Waals surface area contributed by atoms with Crippen LogP contribution >= 0.6 is 44.1 Å². The lowest BCUT2D eigenvalue weighted by Gasteiger charge is -2.07. The summed E-state index contributed by atoms with van der Waals surface area (Å²) in [5, 5.41) is 26.4. The second-order valence-corrected chi connectivity index (χ2v) is 5.38. The van der Waals surface area contributed by atoms with Crippen LogP contribution in [0.5, 0.6) is 11.5 Å². The highest BCUT2D eigenvalue weighted by Gasteiger charge is 2.12. The largest absolute Gasteiger partial charge is 0.506 e. The van der Waals surface area contributed by atoms with Gasteiger partial charge in [-0.3, -0.25) is 5.43 Å². The summed E-state index contributed by atoms with van der Waals surface area (Å²) in [4.78, 5) is 0. The quantitative estimate of drug-likeness (QED) is 0.266. The number of nitrogens with zero attached hydrogens (tertiary/aromatic N) is 1. The Kier molecular flexibility index (Phi) is 6.26. The molecule has 0 aromatic heterocycles. The molecule has 0 atom stereocenters. The SMILES string of the molecule is C=CCNC(=S)NN=Cc1cc(Br)c(O)c(Br)c1O. The van der Waals surface area contributed by atoms with Crippen LogP contribution < -0.4 is 10.7 Å². The number of aromatic hydroxyl groups is 2. The van der Waals surface area contributed by atoms with Crippen molar-refractivity contribution >= 4 is 55.4 Å². The normalized spacial score (nSPS) is 10.4. The van der Waals surface area contributed by atoms with E-state index in [4.69, 9.17) is 12.2 Å². The minimum Gasteiger partial charge on any atom is -0.506 e. The maximum absolute atomic E-state index is 9.80. The van der Waals surface area contributed by atoms with Gasteiger partial charge in [0, 0.05) is 12.1 Å². The fourth-order valence-electron chi connectivity index (χ4n) is 1.08. The van der Waals surface area contributed by atoms with Gasteiger partial charge in [-0.25, -0.2) is 0 Å². The summed E-state index contributed by atoms with van der Waals surface area (Å²) in [6.45, 7) is 4.07. The van der Waals surface area contributed by atoms with Crippen molar-refractivity contribution in [3.63, 3.8) is 0 Å². The number of rotatable bonds is 4. The van der Waals surface area contributed by atoms with Gasteiger partial charge >= 0.3 is 0 Å². The summed E-state index contributed by atoms with van der Waals surface area (Å²) < 4.78 is 0.627. The molecule has 0 aliphatic rings. The molecule has 1 aromatic rings. The Morgan fingerprint density at radius 3 is 2.74 bits per heavy atom. The minimum atomic E-state index is -0.115. The Labute approximate surface area is 132 Å². The third-order valence-corrected chi connectivity index (χ3v) is 3.57. The van der Waals surface area contributed by atoms with Crippen LogP contribution in [0.15, 0.2) is 32.8 Å². The van der Waals surface area contributed by atoms with Gasteiger partial charge in [-0.1, -0.05) is 6.08 Å². The van der Waals surface area contributed by atoms with Crippen LogP contribution in [0.1, 0.15) is 5.56 Å². The first-order valence-electron chi connectivity index (χ1n) is 5.05. The molecule has 0 heterocycles. The van der Waals surface area contributed by atoms with Gasteiger partial charge in [0.2, 0.25) is 0 Å². The molecule has 0 spiro atoms. The lowest BCUT2D eigenvalue weighted by Crippen LogP contribution is -2.31. The molecule has 5 nitrogen and oxygen atoms in total. The average molecular weight is 409 g/mol. The minimum absolute atomic E-state index is 0.0780. The standard InChI is InChI=1S/C11H11Br2N3O2S/c1-2-3-14-11(19)16-15-5-6-4-7(12)10(18)8(13)9(6)17/h2,4-5,17-18H,1,3H2,(H2,14,16,19). The Balaban J connectivity index is 2.77. The number of thiocarbonyl (C=S) groups is 1. The topological polar surface area (TPSA) is 76.9 Å². The summed E-state index contributed by atoms with van der Waals surface area (Å²) in [6.07, 6.45) is 3.05. The van der Waals surface area contributed by atoms with E-state index in [0.717, 1.165) is 0 Å². The van der Waals surface area contributed by atoms with Crippen molar-refractivity contribution in [3.05, 3.63) is 33.2 Å². The maximum Gasteiger partial charge on any atom is 0.187 e. The second kappa shape index (κ2) is 7.46. The zero-order valence-corrected chi connectivity index (χ0v) is 13.6. The van der Waals surface area contributed by atoms with Crippen molar-refractivity contribution in [2.75, 3.05) is 6.54 Å². The zero-order chi connectivity index (χ0) is 14.4. The highest BCUT2D eigenvalue weighted by atomic mass is 79.9. The molecular formula is C11H11Br2N3O2S. The third-order valence-electron chi connectivity index (χ3n) is 1.97. The van der Waals surface area contributed by atoms with Gasteiger partial charge in [0.05, 0.1) is 10.7 Å². The number of hydrogen-bond acceptors (Lipinski definition) is 4. The molecule has 0 aliphatic heterocycles. The van der Waals surface area contributed by atoms with E-state index < -0.39 is 0 Å². The Morgan fingerprint density at radius 1 is 1.42 bits per heavy atom. The van der Waals surface area contributed by atoms with E-state index in [0.29, 0.717) is 21.7 Å².